The summed E-state index contributed by atoms with van der Waals surface area (Å²) in [4.78, 5) is 16.5. The van der Waals surface area contributed by atoms with Crippen LogP contribution in [0, 0.1) is 0 Å². The van der Waals surface area contributed by atoms with Crippen molar-refractivity contribution in [1.29, 1.82) is 0 Å². The quantitative estimate of drug-likeness (QED) is 0.764. The third-order valence-electron chi connectivity index (χ3n) is 4.29. The predicted molar refractivity (Wildman–Crippen MR) is 96.6 cm³/mol. The highest BCUT2D eigenvalue weighted by Crippen LogP contribution is 2.37. The predicted octanol–water partition coefficient (Wildman–Crippen LogP) is 4.54. The van der Waals surface area contributed by atoms with E-state index in [9.17, 15) is 4.79 Å². The number of hydrogen-bond donors (Lipinski definition) is 1. The first-order valence-electron chi connectivity index (χ1n) is 7.71. The molecule has 1 atom stereocenters. The van der Waals surface area contributed by atoms with E-state index in [0.717, 1.165) is 38.8 Å². The molecule has 5 heteroatoms. The smallest absolute Gasteiger partial charge is 0.231 e. The van der Waals surface area contributed by atoms with Crippen LogP contribution < -0.4 is 10.1 Å². The first kappa shape index (κ1) is 14.9. The summed E-state index contributed by atoms with van der Waals surface area (Å²) in [6.07, 6.45) is 0. The molecule has 0 aliphatic carbocycles. The molecule has 0 saturated carbocycles. The molecule has 3 aromatic rings. The van der Waals surface area contributed by atoms with Gasteiger partial charge in [0.25, 0.3) is 0 Å². The maximum Gasteiger partial charge on any atom is 0.231 e. The van der Waals surface area contributed by atoms with E-state index in [0.29, 0.717) is 0 Å². The summed E-state index contributed by atoms with van der Waals surface area (Å²) in [5.41, 5.74) is 4.93. The van der Waals surface area contributed by atoms with Gasteiger partial charge >= 0.3 is 0 Å². The number of ether oxygens (including phenoxy) is 1. The lowest BCUT2D eigenvalue weighted by Crippen LogP contribution is -2.08. The Morgan fingerprint density at radius 2 is 2.04 bits per heavy atom. The lowest BCUT2D eigenvalue weighted by Gasteiger charge is -2.04. The van der Waals surface area contributed by atoms with E-state index < -0.39 is 0 Å². The molecule has 0 saturated heterocycles. The lowest BCUT2D eigenvalue weighted by molar-refractivity contribution is -0.116. The third-order valence-corrected chi connectivity index (χ3v) is 5.18. The summed E-state index contributed by atoms with van der Waals surface area (Å²) in [5, 5.41) is 5.90. The normalized spacial score (nSPS) is 15.9. The Kier molecular flexibility index (Phi) is 3.58. The van der Waals surface area contributed by atoms with Gasteiger partial charge in [0.05, 0.1) is 18.7 Å². The second-order valence-corrected chi connectivity index (χ2v) is 6.64. The number of methoxy groups -OCH3 is 1. The fourth-order valence-corrected chi connectivity index (χ4v) is 3.70. The fraction of sp³-hybridized carbons (Fsp3) is 0.158. The minimum atomic E-state index is -0.114. The molecule has 0 unspecified atom stereocenters. The molecule has 2 aromatic carbocycles. The number of amides is 1. The van der Waals surface area contributed by atoms with Crippen LogP contribution in [0.3, 0.4) is 0 Å². The maximum absolute atomic E-state index is 11.8. The zero-order valence-electron chi connectivity index (χ0n) is 13.4. The average molecular weight is 336 g/mol. The van der Waals surface area contributed by atoms with Crippen LogP contribution in [0.25, 0.3) is 21.8 Å². The maximum atomic E-state index is 11.8. The number of carbonyl (C=O) groups excluding carboxylic acids is 1. The van der Waals surface area contributed by atoms with Crippen LogP contribution >= 0.6 is 11.3 Å². The molecule has 1 amide bonds. The van der Waals surface area contributed by atoms with E-state index >= 15 is 0 Å². The minimum absolute atomic E-state index is 0.0532. The molecule has 1 aromatic heterocycles. The molecule has 1 N–H and O–H groups in total. The van der Waals surface area contributed by atoms with Crippen molar-refractivity contribution in [3.8, 4) is 27.6 Å². The van der Waals surface area contributed by atoms with E-state index in [1.54, 1.807) is 18.4 Å². The van der Waals surface area contributed by atoms with Gasteiger partial charge in [-0.1, -0.05) is 18.2 Å². The second kappa shape index (κ2) is 5.76. The summed E-state index contributed by atoms with van der Waals surface area (Å²) in [6.45, 7) is 1.92. The number of benzene rings is 2. The number of nitrogens with zero attached hydrogens (tertiary/aromatic N) is 1. The lowest BCUT2D eigenvalue weighted by atomic mass is 9.99. The first-order valence-corrected chi connectivity index (χ1v) is 8.59. The summed E-state index contributed by atoms with van der Waals surface area (Å²) in [6, 6.07) is 13.9. The Morgan fingerprint density at radius 3 is 2.88 bits per heavy atom. The van der Waals surface area contributed by atoms with Gasteiger partial charge in [0.1, 0.15) is 10.8 Å². The highest BCUT2D eigenvalue weighted by molar-refractivity contribution is 7.13. The number of thiazole rings is 1. The van der Waals surface area contributed by atoms with Gasteiger partial charge in [0.2, 0.25) is 5.91 Å². The number of fused-ring (bicyclic) bond motifs is 1. The van der Waals surface area contributed by atoms with Gasteiger partial charge in [-0.3, -0.25) is 4.79 Å². The van der Waals surface area contributed by atoms with Crippen molar-refractivity contribution in [3.05, 3.63) is 53.4 Å². The van der Waals surface area contributed by atoms with Gasteiger partial charge in [-0.2, -0.15) is 0 Å². The molecule has 0 fully saturated rings. The zero-order valence-corrected chi connectivity index (χ0v) is 14.2. The number of nitrogens with one attached hydrogen (secondary N) is 1. The van der Waals surface area contributed by atoms with E-state index in [1.807, 2.05) is 48.7 Å². The van der Waals surface area contributed by atoms with Crippen LogP contribution in [-0.4, -0.2) is 18.0 Å². The molecule has 120 valence electrons. The number of aromatic nitrogens is 1. The molecule has 4 nitrogen and oxygen atoms in total. The SMILES string of the molecule is COc1cccc(-c2nc(-c3ccc4c(c3)[C@H](C)C(=O)N4)cs2)c1. The molecule has 4 rings (SSSR count). The summed E-state index contributed by atoms with van der Waals surface area (Å²) < 4.78 is 5.28. The van der Waals surface area contributed by atoms with Gasteiger partial charge in [0, 0.05) is 22.2 Å². The number of carbonyl (C=O) groups is 1. The molecule has 24 heavy (non-hydrogen) atoms. The Hall–Kier alpha value is -2.66. The van der Waals surface area contributed by atoms with Crippen LogP contribution in [0.5, 0.6) is 5.75 Å². The van der Waals surface area contributed by atoms with Crippen molar-refractivity contribution < 1.29 is 9.53 Å². The van der Waals surface area contributed by atoms with Crippen molar-refractivity contribution in [1.82, 2.24) is 4.98 Å². The van der Waals surface area contributed by atoms with Crippen LogP contribution in [0.1, 0.15) is 18.4 Å². The van der Waals surface area contributed by atoms with Crippen LogP contribution in [0.2, 0.25) is 0 Å². The minimum Gasteiger partial charge on any atom is -0.497 e. The second-order valence-electron chi connectivity index (χ2n) is 5.78. The van der Waals surface area contributed by atoms with Crippen molar-refractivity contribution >= 4 is 22.9 Å². The summed E-state index contributed by atoms with van der Waals surface area (Å²) >= 11 is 1.60. The molecule has 0 spiro atoms. The molecule has 1 aliphatic rings. The molecule has 2 heterocycles. The van der Waals surface area contributed by atoms with Crippen molar-refractivity contribution in [2.75, 3.05) is 12.4 Å². The zero-order chi connectivity index (χ0) is 16.7. The Balaban J connectivity index is 1.70. The first-order chi connectivity index (χ1) is 11.7. The Morgan fingerprint density at radius 1 is 1.17 bits per heavy atom. The van der Waals surface area contributed by atoms with Gasteiger partial charge < -0.3 is 10.1 Å². The molecule has 0 radical (unpaired) electrons. The topological polar surface area (TPSA) is 51.2 Å². The monoisotopic (exact) mass is 336 g/mol. The molecule has 0 bridgehead atoms. The van der Waals surface area contributed by atoms with Crippen LogP contribution in [0.4, 0.5) is 5.69 Å². The van der Waals surface area contributed by atoms with E-state index in [2.05, 4.69) is 11.4 Å². The van der Waals surface area contributed by atoms with Crippen molar-refractivity contribution in [3.63, 3.8) is 0 Å². The van der Waals surface area contributed by atoms with Crippen LogP contribution in [0.15, 0.2) is 47.8 Å². The van der Waals surface area contributed by atoms with Gasteiger partial charge in [-0.05, 0) is 36.8 Å². The van der Waals surface area contributed by atoms with Crippen molar-refractivity contribution in [2.24, 2.45) is 0 Å². The van der Waals surface area contributed by atoms with E-state index in [4.69, 9.17) is 9.72 Å². The Labute approximate surface area is 144 Å². The van der Waals surface area contributed by atoms with Gasteiger partial charge in [-0.15, -0.1) is 11.3 Å². The van der Waals surface area contributed by atoms with E-state index in [-0.39, 0.29) is 11.8 Å². The highest BCUT2D eigenvalue weighted by atomic mass is 32.1. The van der Waals surface area contributed by atoms with Gasteiger partial charge in [-0.25, -0.2) is 4.98 Å². The largest absolute Gasteiger partial charge is 0.497 e. The van der Waals surface area contributed by atoms with E-state index in [1.165, 1.54) is 0 Å². The fourth-order valence-electron chi connectivity index (χ4n) is 2.87. The third kappa shape index (κ3) is 2.47. The Bertz CT molecular complexity index is 933. The summed E-state index contributed by atoms with van der Waals surface area (Å²) in [7, 11) is 1.66. The number of rotatable bonds is 3. The standard InChI is InChI=1S/C19H16N2O2S/c1-11-15-9-12(6-7-16(15)20-18(11)22)17-10-24-19(21-17)13-4-3-5-14(8-13)23-2/h3-11H,1-2H3,(H,20,22)/t11-/m0/s1. The van der Waals surface area contributed by atoms with Gasteiger partial charge in [0.15, 0.2) is 0 Å². The molecular weight excluding hydrogens is 320 g/mol. The number of hydrogen-bond acceptors (Lipinski definition) is 4. The molecular formula is C19H16N2O2S. The summed E-state index contributed by atoms with van der Waals surface area (Å²) in [5.74, 6) is 0.758. The van der Waals surface area contributed by atoms with Crippen molar-refractivity contribution in [2.45, 2.75) is 12.8 Å². The molecule has 1 aliphatic heterocycles. The number of anilines is 1. The average Bonchev–Trinajstić information content (AvgIpc) is 3.21. The highest BCUT2D eigenvalue weighted by Gasteiger charge is 2.26. The van der Waals surface area contributed by atoms with Crippen LogP contribution in [-0.2, 0) is 4.79 Å².